The third-order valence-corrected chi connectivity index (χ3v) is 4.08. The Balaban J connectivity index is 1.65. The number of rotatable bonds is 7. The predicted molar refractivity (Wildman–Crippen MR) is 84.6 cm³/mol. The summed E-state index contributed by atoms with van der Waals surface area (Å²) in [4.78, 5) is 2.58. The maximum atomic E-state index is 5.96. The van der Waals surface area contributed by atoms with E-state index in [0.717, 1.165) is 29.4 Å². The molecule has 1 saturated heterocycles. The first-order valence-corrected chi connectivity index (χ1v) is 7.93. The number of benzene rings is 1. The van der Waals surface area contributed by atoms with Crippen LogP contribution in [0.1, 0.15) is 31.2 Å². The Morgan fingerprint density at radius 2 is 2.05 bits per heavy atom. The minimum atomic E-state index is 0.718. The van der Waals surface area contributed by atoms with Crippen LogP contribution >= 0.6 is 11.6 Å². The van der Waals surface area contributed by atoms with Gasteiger partial charge in [0.15, 0.2) is 0 Å². The van der Waals surface area contributed by atoms with Gasteiger partial charge < -0.3 is 15.0 Å². The third-order valence-electron chi connectivity index (χ3n) is 3.84. The molecule has 0 atom stereocenters. The molecular weight excluding hydrogens is 272 g/mol. The maximum Gasteiger partial charge on any atom is 0.124 e. The van der Waals surface area contributed by atoms with Crippen molar-refractivity contribution in [3.05, 3.63) is 28.8 Å². The molecule has 2 rings (SSSR count). The highest BCUT2D eigenvalue weighted by molar-refractivity contribution is 6.30. The molecule has 1 aliphatic heterocycles. The summed E-state index contributed by atoms with van der Waals surface area (Å²) in [5.74, 6) is 0.862. The average Bonchev–Trinajstić information content (AvgIpc) is 2.49. The summed E-state index contributed by atoms with van der Waals surface area (Å²) in [5.41, 5.74) is 1.16. The molecule has 0 aromatic heterocycles. The van der Waals surface area contributed by atoms with Crippen LogP contribution in [0.15, 0.2) is 18.2 Å². The topological polar surface area (TPSA) is 24.5 Å². The van der Waals surface area contributed by atoms with Gasteiger partial charge in [-0.15, -0.1) is 0 Å². The van der Waals surface area contributed by atoms with E-state index in [1.165, 1.54) is 45.3 Å². The molecule has 0 bridgehead atoms. The first-order valence-electron chi connectivity index (χ1n) is 7.55. The zero-order chi connectivity index (χ0) is 14.2. The molecule has 1 aromatic rings. The van der Waals surface area contributed by atoms with Gasteiger partial charge >= 0.3 is 0 Å². The molecule has 112 valence electrons. The van der Waals surface area contributed by atoms with Gasteiger partial charge in [-0.05, 0) is 57.6 Å². The van der Waals surface area contributed by atoms with E-state index in [1.807, 2.05) is 18.2 Å². The van der Waals surface area contributed by atoms with E-state index in [1.54, 1.807) is 7.11 Å². The Labute approximate surface area is 127 Å². The zero-order valence-electron chi connectivity index (χ0n) is 12.3. The number of hydrogen-bond donors (Lipinski definition) is 1. The summed E-state index contributed by atoms with van der Waals surface area (Å²) in [7, 11) is 1.69. The molecule has 1 aromatic carbocycles. The van der Waals surface area contributed by atoms with Crippen molar-refractivity contribution >= 4 is 11.6 Å². The van der Waals surface area contributed by atoms with Gasteiger partial charge in [0.1, 0.15) is 5.75 Å². The lowest BCUT2D eigenvalue weighted by Gasteiger charge is -2.26. The smallest absolute Gasteiger partial charge is 0.124 e. The van der Waals surface area contributed by atoms with Crippen LogP contribution in [0.4, 0.5) is 0 Å². The minimum Gasteiger partial charge on any atom is -0.496 e. The number of likely N-dealkylation sites (tertiary alicyclic amines) is 1. The summed E-state index contributed by atoms with van der Waals surface area (Å²) in [6, 6.07) is 5.81. The first-order chi connectivity index (χ1) is 9.79. The zero-order valence-corrected chi connectivity index (χ0v) is 13.1. The van der Waals surface area contributed by atoms with Crippen LogP contribution in [-0.4, -0.2) is 38.2 Å². The second-order valence-electron chi connectivity index (χ2n) is 5.39. The summed E-state index contributed by atoms with van der Waals surface area (Å²) in [5, 5.41) is 4.20. The van der Waals surface area contributed by atoms with E-state index < -0.39 is 0 Å². The molecule has 1 aliphatic rings. The number of nitrogens with one attached hydrogen (secondary N) is 1. The lowest BCUT2D eigenvalue weighted by Crippen LogP contribution is -2.32. The van der Waals surface area contributed by atoms with Crippen molar-refractivity contribution in [3.63, 3.8) is 0 Å². The molecule has 0 unspecified atom stereocenters. The van der Waals surface area contributed by atoms with Crippen LogP contribution in [0.25, 0.3) is 0 Å². The normalized spacial score (nSPS) is 16.3. The molecule has 1 N–H and O–H groups in total. The van der Waals surface area contributed by atoms with Crippen LogP contribution in [0, 0.1) is 0 Å². The second-order valence-corrected chi connectivity index (χ2v) is 5.83. The summed E-state index contributed by atoms with van der Waals surface area (Å²) < 4.78 is 5.35. The van der Waals surface area contributed by atoms with E-state index in [2.05, 4.69) is 10.2 Å². The Kier molecular flexibility index (Phi) is 6.64. The van der Waals surface area contributed by atoms with Crippen molar-refractivity contribution in [2.45, 2.75) is 32.2 Å². The lowest BCUT2D eigenvalue weighted by atomic mass is 10.1. The summed E-state index contributed by atoms with van der Waals surface area (Å²) in [6.45, 7) is 5.66. The van der Waals surface area contributed by atoms with E-state index in [0.29, 0.717) is 0 Å². The fraction of sp³-hybridized carbons (Fsp3) is 0.625. The predicted octanol–water partition coefficient (Wildman–Crippen LogP) is 3.31. The van der Waals surface area contributed by atoms with Crippen molar-refractivity contribution in [3.8, 4) is 5.75 Å². The van der Waals surface area contributed by atoms with E-state index in [4.69, 9.17) is 16.3 Å². The Morgan fingerprint density at radius 3 is 2.80 bits per heavy atom. The monoisotopic (exact) mass is 296 g/mol. The second kappa shape index (κ2) is 8.50. The molecule has 0 aliphatic carbocycles. The molecular formula is C16H25ClN2O. The van der Waals surface area contributed by atoms with Crippen molar-refractivity contribution in [2.24, 2.45) is 0 Å². The number of nitrogens with zero attached hydrogens (tertiary/aromatic N) is 1. The van der Waals surface area contributed by atoms with Gasteiger partial charge in [0.05, 0.1) is 7.11 Å². The molecule has 3 nitrogen and oxygen atoms in total. The third kappa shape index (κ3) is 4.97. The SMILES string of the molecule is COc1cc(Cl)ccc1CNCCCN1CCCCC1. The largest absolute Gasteiger partial charge is 0.496 e. The molecule has 4 heteroatoms. The van der Waals surface area contributed by atoms with Gasteiger partial charge in [-0.3, -0.25) is 0 Å². The van der Waals surface area contributed by atoms with Crippen molar-refractivity contribution in [2.75, 3.05) is 33.3 Å². The molecule has 1 fully saturated rings. The Hall–Kier alpha value is -0.770. The molecule has 0 saturated carbocycles. The molecule has 0 spiro atoms. The van der Waals surface area contributed by atoms with Gasteiger partial charge in [0, 0.05) is 17.1 Å². The van der Waals surface area contributed by atoms with Gasteiger partial charge in [-0.2, -0.15) is 0 Å². The van der Waals surface area contributed by atoms with Crippen LogP contribution < -0.4 is 10.1 Å². The number of ether oxygens (including phenoxy) is 1. The van der Waals surface area contributed by atoms with Gasteiger partial charge in [0.25, 0.3) is 0 Å². The van der Waals surface area contributed by atoms with E-state index >= 15 is 0 Å². The minimum absolute atomic E-state index is 0.718. The molecule has 1 heterocycles. The highest BCUT2D eigenvalue weighted by atomic mass is 35.5. The van der Waals surface area contributed by atoms with Crippen molar-refractivity contribution < 1.29 is 4.74 Å². The fourth-order valence-electron chi connectivity index (χ4n) is 2.70. The highest BCUT2D eigenvalue weighted by Crippen LogP contribution is 2.22. The van der Waals surface area contributed by atoms with Crippen molar-refractivity contribution in [1.82, 2.24) is 10.2 Å². The molecule has 20 heavy (non-hydrogen) atoms. The van der Waals surface area contributed by atoms with E-state index in [-0.39, 0.29) is 0 Å². The number of piperidine rings is 1. The highest BCUT2D eigenvalue weighted by Gasteiger charge is 2.09. The first kappa shape index (κ1) is 15.6. The van der Waals surface area contributed by atoms with Gasteiger partial charge in [0.2, 0.25) is 0 Å². The maximum absolute atomic E-state index is 5.96. The van der Waals surface area contributed by atoms with Crippen LogP contribution in [0.5, 0.6) is 5.75 Å². The van der Waals surface area contributed by atoms with Crippen molar-refractivity contribution in [1.29, 1.82) is 0 Å². The van der Waals surface area contributed by atoms with Gasteiger partial charge in [-0.25, -0.2) is 0 Å². The van der Waals surface area contributed by atoms with Crippen LogP contribution in [0.3, 0.4) is 0 Å². The molecule has 0 amide bonds. The number of hydrogen-bond acceptors (Lipinski definition) is 3. The quantitative estimate of drug-likeness (QED) is 0.781. The van der Waals surface area contributed by atoms with Gasteiger partial charge in [-0.1, -0.05) is 24.1 Å². The number of halogens is 1. The molecule has 0 radical (unpaired) electrons. The standard InChI is InChI=1S/C16H25ClN2O/c1-20-16-12-15(17)7-6-14(16)13-18-8-5-11-19-9-3-2-4-10-19/h6-7,12,18H,2-5,8-11,13H2,1H3. The fourth-order valence-corrected chi connectivity index (χ4v) is 2.86. The number of methoxy groups -OCH3 is 1. The van der Waals surface area contributed by atoms with E-state index in [9.17, 15) is 0 Å². The van der Waals surface area contributed by atoms with Crippen LogP contribution in [-0.2, 0) is 6.54 Å². The van der Waals surface area contributed by atoms with Crippen LogP contribution in [0.2, 0.25) is 5.02 Å². The Bertz CT molecular complexity index is 405. The lowest BCUT2D eigenvalue weighted by molar-refractivity contribution is 0.225. The summed E-state index contributed by atoms with van der Waals surface area (Å²) >= 11 is 5.96. The Morgan fingerprint density at radius 1 is 1.25 bits per heavy atom. The average molecular weight is 297 g/mol. The summed E-state index contributed by atoms with van der Waals surface area (Å²) in [6.07, 6.45) is 5.35.